The first-order valence-electron chi connectivity index (χ1n) is 6.12. The van der Waals surface area contributed by atoms with Gasteiger partial charge in [-0.1, -0.05) is 0 Å². The highest BCUT2D eigenvalue weighted by Crippen LogP contribution is 2.17. The van der Waals surface area contributed by atoms with Crippen LogP contribution < -0.4 is 5.32 Å². The maximum atomic E-state index is 11.5. The number of amides is 1. The Bertz CT molecular complexity index is 260. The van der Waals surface area contributed by atoms with Gasteiger partial charge in [0.2, 0.25) is 5.91 Å². The summed E-state index contributed by atoms with van der Waals surface area (Å²) in [5.41, 5.74) is 0. The van der Waals surface area contributed by atoms with E-state index >= 15 is 0 Å². The predicted octanol–water partition coefficient (Wildman–Crippen LogP) is 0.0500. The van der Waals surface area contributed by atoms with Crippen LogP contribution in [0.15, 0.2) is 0 Å². The minimum Gasteiger partial charge on any atom is -0.383 e. The third-order valence-corrected chi connectivity index (χ3v) is 3.16. The zero-order valence-corrected chi connectivity index (χ0v) is 10.7. The molecule has 1 heterocycles. The molecule has 0 aliphatic carbocycles. The van der Waals surface area contributed by atoms with Crippen LogP contribution in [0.4, 0.5) is 0 Å². The number of methoxy groups -OCH3 is 1. The monoisotopic (exact) mass is 242 g/mol. The third kappa shape index (κ3) is 5.28. The number of nitrogens with one attached hydrogen (secondary N) is 1. The lowest BCUT2D eigenvalue weighted by Crippen LogP contribution is -2.43. The predicted molar refractivity (Wildman–Crippen MR) is 64.7 cm³/mol. The molecule has 0 saturated carbocycles. The molecule has 0 spiro atoms. The van der Waals surface area contributed by atoms with Crippen LogP contribution in [0.2, 0.25) is 0 Å². The average molecular weight is 242 g/mol. The summed E-state index contributed by atoms with van der Waals surface area (Å²) < 4.78 is 4.86. The van der Waals surface area contributed by atoms with E-state index in [0.717, 1.165) is 25.9 Å². The Balaban J connectivity index is 2.17. The van der Waals surface area contributed by atoms with E-state index in [-0.39, 0.29) is 17.6 Å². The number of piperidine rings is 1. The number of ketones is 1. The lowest BCUT2D eigenvalue weighted by Gasteiger charge is -2.30. The Morgan fingerprint density at radius 3 is 2.53 bits per heavy atom. The van der Waals surface area contributed by atoms with Crippen LogP contribution in [0.1, 0.15) is 19.8 Å². The molecule has 5 heteroatoms. The van der Waals surface area contributed by atoms with Gasteiger partial charge in [0.1, 0.15) is 5.78 Å². The molecule has 0 aromatic rings. The van der Waals surface area contributed by atoms with Gasteiger partial charge in [0.05, 0.1) is 13.2 Å². The summed E-state index contributed by atoms with van der Waals surface area (Å²) in [5.74, 6) is 0.500. The third-order valence-electron chi connectivity index (χ3n) is 3.16. The van der Waals surface area contributed by atoms with E-state index < -0.39 is 0 Å². The van der Waals surface area contributed by atoms with Crippen molar-refractivity contribution in [2.75, 3.05) is 39.9 Å². The zero-order valence-electron chi connectivity index (χ0n) is 10.7. The van der Waals surface area contributed by atoms with Crippen molar-refractivity contribution in [2.45, 2.75) is 19.8 Å². The highest BCUT2D eigenvalue weighted by Gasteiger charge is 2.23. The van der Waals surface area contributed by atoms with Crippen molar-refractivity contribution in [3.8, 4) is 0 Å². The average Bonchev–Trinajstić information content (AvgIpc) is 2.30. The number of ether oxygens (including phenoxy) is 1. The molecule has 0 atom stereocenters. The summed E-state index contributed by atoms with van der Waals surface area (Å²) in [6.07, 6.45) is 1.75. The van der Waals surface area contributed by atoms with E-state index in [2.05, 4.69) is 10.2 Å². The molecule has 1 N–H and O–H groups in total. The van der Waals surface area contributed by atoms with E-state index in [4.69, 9.17) is 4.74 Å². The molecule has 0 unspecified atom stereocenters. The smallest absolute Gasteiger partial charge is 0.234 e. The number of hydrogen-bond acceptors (Lipinski definition) is 4. The van der Waals surface area contributed by atoms with E-state index in [1.54, 1.807) is 14.0 Å². The van der Waals surface area contributed by atoms with Gasteiger partial charge in [0, 0.05) is 19.6 Å². The lowest BCUT2D eigenvalue weighted by molar-refractivity contribution is -0.123. The molecule has 0 bridgehead atoms. The van der Waals surface area contributed by atoms with Crippen molar-refractivity contribution in [3.63, 3.8) is 0 Å². The van der Waals surface area contributed by atoms with Crippen LogP contribution in [0.3, 0.4) is 0 Å². The van der Waals surface area contributed by atoms with Crippen molar-refractivity contribution in [2.24, 2.45) is 5.92 Å². The SMILES string of the molecule is COCCNC(=O)CN1CCC(C(C)=O)CC1. The summed E-state index contributed by atoms with van der Waals surface area (Å²) in [6.45, 7) is 4.84. The molecule has 98 valence electrons. The molecule has 1 fully saturated rings. The summed E-state index contributed by atoms with van der Waals surface area (Å²) in [4.78, 5) is 24.8. The molecule has 1 rings (SSSR count). The van der Waals surface area contributed by atoms with E-state index in [9.17, 15) is 9.59 Å². The van der Waals surface area contributed by atoms with Gasteiger partial charge in [-0.15, -0.1) is 0 Å². The summed E-state index contributed by atoms with van der Waals surface area (Å²) in [6, 6.07) is 0. The second-order valence-corrected chi connectivity index (χ2v) is 4.50. The fourth-order valence-electron chi connectivity index (χ4n) is 2.05. The maximum Gasteiger partial charge on any atom is 0.234 e. The molecule has 5 nitrogen and oxygen atoms in total. The fourth-order valence-corrected chi connectivity index (χ4v) is 2.05. The number of rotatable bonds is 6. The lowest BCUT2D eigenvalue weighted by atomic mass is 9.93. The van der Waals surface area contributed by atoms with Gasteiger partial charge in [0.15, 0.2) is 0 Å². The van der Waals surface area contributed by atoms with Gasteiger partial charge in [-0.25, -0.2) is 0 Å². The topological polar surface area (TPSA) is 58.6 Å². The Hall–Kier alpha value is -0.940. The molecule has 1 aliphatic rings. The Morgan fingerprint density at radius 2 is 2.00 bits per heavy atom. The van der Waals surface area contributed by atoms with Gasteiger partial charge in [-0.2, -0.15) is 0 Å². The molecule has 0 radical (unpaired) electrons. The first-order valence-corrected chi connectivity index (χ1v) is 6.12. The van der Waals surface area contributed by atoms with Gasteiger partial charge < -0.3 is 10.1 Å². The quantitative estimate of drug-likeness (QED) is 0.669. The van der Waals surface area contributed by atoms with Gasteiger partial charge in [0.25, 0.3) is 0 Å². The maximum absolute atomic E-state index is 11.5. The van der Waals surface area contributed by atoms with Crippen LogP contribution in [0.25, 0.3) is 0 Å². The van der Waals surface area contributed by atoms with Crippen LogP contribution in [-0.2, 0) is 14.3 Å². The van der Waals surface area contributed by atoms with E-state index in [1.807, 2.05) is 0 Å². The fraction of sp³-hybridized carbons (Fsp3) is 0.833. The normalized spacial score (nSPS) is 18.0. The number of carbonyl (C=O) groups is 2. The molecule has 0 aromatic carbocycles. The second kappa shape index (κ2) is 7.40. The number of likely N-dealkylation sites (tertiary alicyclic amines) is 1. The first-order chi connectivity index (χ1) is 8.13. The van der Waals surface area contributed by atoms with Crippen LogP contribution in [0, 0.1) is 5.92 Å². The highest BCUT2D eigenvalue weighted by molar-refractivity contribution is 5.79. The number of nitrogens with zero attached hydrogens (tertiary/aromatic N) is 1. The standard InChI is InChI=1S/C12H22N2O3/c1-10(15)11-3-6-14(7-4-11)9-12(16)13-5-8-17-2/h11H,3-9H2,1-2H3,(H,13,16). The molecular weight excluding hydrogens is 220 g/mol. The number of Topliss-reactive ketones (excluding diaryl/α,β-unsaturated/α-hetero) is 1. The Morgan fingerprint density at radius 1 is 1.35 bits per heavy atom. The molecular formula is C12H22N2O3. The minimum absolute atomic E-state index is 0.0309. The van der Waals surface area contributed by atoms with Gasteiger partial charge >= 0.3 is 0 Å². The molecule has 1 saturated heterocycles. The molecule has 1 aliphatic heterocycles. The van der Waals surface area contributed by atoms with Crippen LogP contribution >= 0.6 is 0 Å². The van der Waals surface area contributed by atoms with Crippen molar-refractivity contribution in [1.29, 1.82) is 0 Å². The van der Waals surface area contributed by atoms with E-state index in [0.29, 0.717) is 19.7 Å². The number of carbonyl (C=O) groups excluding carboxylic acids is 2. The Kier molecular flexibility index (Phi) is 6.15. The minimum atomic E-state index is 0.0309. The van der Waals surface area contributed by atoms with Crippen molar-refractivity contribution in [3.05, 3.63) is 0 Å². The summed E-state index contributed by atoms with van der Waals surface area (Å²) >= 11 is 0. The van der Waals surface area contributed by atoms with Crippen molar-refractivity contribution in [1.82, 2.24) is 10.2 Å². The van der Waals surface area contributed by atoms with Crippen molar-refractivity contribution < 1.29 is 14.3 Å². The summed E-state index contributed by atoms with van der Waals surface area (Å²) in [5, 5.41) is 2.79. The zero-order chi connectivity index (χ0) is 12.7. The largest absolute Gasteiger partial charge is 0.383 e. The molecule has 1 amide bonds. The van der Waals surface area contributed by atoms with Gasteiger partial charge in [-0.3, -0.25) is 14.5 Å². The highest BCUT2D eigenvalue weighted by atomic mass is 16.5. The van der Waals surface area contributed by atoms with Crippen molar-refractivity contribution >= 4 is 11.7 Å². The van der Waals surface area contributed by atoms with Crippen LogP contribution in [0.5, 0.6) is 0 Å². The van der Waals surface area contributed by atoms with Crippen LogP contribution in [-0.4, -0.2) is 56.5 Å². The Labute approximate surface area is 102 Å². The molecule has 17 heavy (non-hydrogen) atoms. The second-order valence-electron chi connectivity index (χ2n) is 4.50. The number of hydrogen-bond donors (Lipinski definition) is 1. The van der Waals surface area contributed by atoms with Gasteiger partial charge in [-0.05, 0) is 32.9 Å². The summed E-state index contributed by atoms with van der Waals surface area (Å²) in [7, 11) is 1.61. The van der Waals surface area contributed by atoms with E-state index in [1.165, 1.54) is 0 Å². The molecule has 0 aromatic heterocycles. The first kappa shape index (κ1) is 14.1.